The first-order valence-corrected chi connectivity index (χ1v) is 4.62. The minimum Gasteiger partial charge on any atom is -0.369 e. The van der Waals surface area contributed by atoms with Gasteiger partial charge in [-0.1, -0.05) is 0 Å². The summed E-state index contributed by atoms with van der Waals surface area (Å²) in [6, 6.07) is 0. The molecule has 0 atom stereocenters. The van der Waals surface area contributed by atoms with Crippen molar-refractivity contribution >= 4 is 11.7 Å². The zero-order valence-corrected chi connectivity index (χ0v) is 8.37. The summed E-state index contributed by atoms with van der Waals surface area (Å²) in [5.41, 5.74) is 0.338. The number of hydrogen-bond acceptors (Lipinski definition) is 4. The molecule has 0 bridgehead atoms. The summed E-state index contributed by atoms with van der Waals surface area (Å²) in [6.45, 7) is 5.17. The highest BCUT2D eigenvalue weighted by molar-refractivity contribution is 5.92. The van der Waals surface area contributed by atoms with Crippen molar-refractivity contribution in [3.63, 3.8) is 0 Å². The smallest absolute Gasteiger partial charge is 0.271 e. The molecule has 0 saturated carbocycles. The van der Waals surface area contributed by atoms with Crippen LogP contribution in [-0.2, 0) is 0 Å². The molecule has 0 fully saturated rings. The molecule has 0 aliphatic heterocycles. The van der Waals surface area contributed by atoms with Crippen molar-refractivity contribution in [2.75, 3.05) is 18.4 Å². The van der Waals surface area contributed by atoms with Gasteiger partial charge in [-0.3, -0.25) is 9.78 Å². The summed E-state index contributed by atoms with van der Waals surface area (Å²) >= 11 is 0. The number of aromatic nitrogens is 2. The number of anilines is 1. The van der Waals surface area contributed by atoms with E-state index >= 15 is 0 Å². The molecular formula is C9H14N4O. The molecule has 0 radical (unpaired) electrons. The molecule has 1 heterocycles. The van der Waals surface area contributed by atoms with Crippen LogP contribution in [0.3, 0.4) is 0 Å². The Balaban J connectivity index is 2.77. The summed E-state index contributed by atoms with van der Waals surface area (Å²) < 4.78 is 0. The Morgan fingerprint density at radius 1 is 1.36 bits per heavy atom. The molecule has 0 saturated heterocycles. The van der Waals surface area contributed by atoms with E-state index in [0.717, 1.165) is 6.54 Å². The van der Waals surface area contributed by atoms with E-state index < -0.39 is 0 Å². The van der Waals surface area contributed by atoms with Gasteiger partial charge in [-0.25, -0.2) is 4.98 Å². The third-order valence-electron chi connectivity index (χ3n) is 1.56. The van der Waals surface area contributed by atoms with Crippen molar-refractivity contribution in [3.05, 3.63) is 18.1 Å². The van der Waals surface area contributed by atoms with Gasteiger partial charge in [0.1, 0.15) is 11.5 Å². The predicted octanol–water partition coefficient (Wildman–Crippen LogP) is 0.658. The summed E-state index contributed by atoms with van der Waals surface area (Å²) in [4.78, 5) is 19.4. The Kier molecular flexibility index (Phi) is 3.84. The first-order chi connectivity index (χ1) is 6.77. The average Bonchev–Trinajstić information content (AvgIpc) is 2.19. The van der Waals surface area contributed by atoms with Gasteiger partial charge in [0.25, 0.3) is 5.91 Å². The van der Waals surface area contributed by atoms with E-state index in [2.05, 4.69) is 20.6 Å². The molecule has 0 aliphatic carbocycles. The molecule has 2 N–H and O–H groups in total. The number of nitrogens with zero attached hydrogens (tertiary/aromatic N) is 2. The van der Waals surface area contributed by atoms with Crippen LogP contribution in [0.5, 0.6) is 0 Å². The lowest BCUT2D eigenvalue weighted by molar-refractivity contribution is 0.0950. The minimum atomic E-state index is -0.195. The van der Waals surface area contributed by atoms with E-state index in [-0.39, 0.29) is 5.91 Å². The lowest BCUT2D eigenvalue weighted by atomic mass is 10.4. The zero-order valence-electron chi connectivity index (χ0n) is 8.37. The molecule has 76 valence electrons. The topological polar surface area (TPSA) is 66.9 Å². The van der Waals surface area contributed by atoms with Crippen LogP contribution in [0.15, 0.2) is 12.4 Å². The van der Waals surface area contributed by atoms with Crippen LogP contribution >= 0.6 is 0 Å². The number of rotatable bonds is 4. The Bertz CT molecular complexity index is 313. The molecular weight excluding hydrogens is 180 g/mol. The number of carbonyl (C=O) groups is 1. The number of hydrogen-bond donors (Lipinski definition) is 2. The van der Waals surface area contributed by atoms with E-state index in [4.69, 9.17) is 0 Å². The maximum Gasteiger partial charge on any atom is 0.271 e. The van der Waals surface area contributed by atoms with Gasteiger partial charge in [0.2, 0.25) is 0 Å². The van der Waals surface area contributed by atoms with Gasteiger partial charge < -0.3 is 10.6 Å². The van der Waals surface area contributed by atoms with E-state index in [1.807, 2.05) is 13.8 Å². The van der Waals surface area contributed by atoms with Crippen LogP contribution in [0.1, 0.15) is 24.3 Å². The van der Waals surface area contributed by atoms with E-state index in [1.54, 1.807) is 6.20 Å². The van der Waals surface area contributed by atoms with Crippen molar-refractivity contribution < 1.29 is 4.79 Å². The first kappa shape index (κ1) is 10.4. The fraction of sp³-hybridized carbons (Fsp3) is 0.444. The average molecular weight is 194 g/mol. The highest BCUT2D eigenvalue weighted by Gasteiger charge is 2.06. The molecule has 5 heteroatoms. The maximum absolute atomic E-state index is 11.4. The second kappa shape index (κ2) is 5.16. The summed E-state index contributed by atoms with van der Waals surface area (Å²) in [5.74, 6) is 0.427. The molecule has 5 nitrogen and oxygen atoms in total. The Morgan fingerprint density at radius 3 is 2.79 bits per heavy atom. The molecule has 14 heavy (non-hydrogen) atoms. The molecule has 0 spiro atoms. The Hall–Kier alpha value is -1.65. The molecule has 1 aromatic heterocycles. The SMILES string of the molecule is CCNC(=O)c1cncc(NCC)n1. The first-order valence-electron chi connectivity index (χ1n) is 4.62. The second-order valence-corrected chi connectivity index (χ2v) is 2.68. The monoisotopic (exact) mass is 194 g/mol. The number of amides is 1. The van der Waals surface area contributed by atoms with Gasteiger partial charge in [0, 0.05) is 13.1 Å². The van der Waals surface area contributed by atoms with Crippen LogP contribution < -0.4 is 10.6 Å². The highest BCUT2D eigenvalue weighted by atomic mass is 16.1. The van der Waals surface area contributed by atoms with Gasteiger partial charge >= 0.3 is 0 Å². The summed E-state index contributed by atoms with van der Waals surface area (Å²) in [6.07, 6.45) is 3.04. The van der Waals surface area contributed by atoms with E-state index in [0.29, 0.717) is 18.1 Å². The molecule has 1 amide bonds. The van der Waals surface area contributed by atoms with Gasteiger partial charge in [0.15, 0.2) is 0 Å². The van der Waals surface area contributed by atoms with Crippen molar-refractivity contribution in [2.24, 2.45) is 0 Å². The van der Waals surface area contributed by atoms with Crippen LogP contribution in [-0.4, -0.2) is 29.0 Å². The number of nitrogens with one attached hydrogen (secondary N) is 2. The molecule has 0 aromatic carbocycles. The van der Waals surface area contributed by atoms with Crippen molar-refractivity contribution in [1.82, 2.24) is 15.3 Å². The van der Waals surface area contributed by atoms with Crippen LogP contribution in [0, 0.1) is 0 Å². The molecule has 0 unspecified atom stereocenters. The molecule has 1 rings (SSSR count). The predicted molar refractivity (Wildman–Crippen MR) is 54.2 cm³/mol. The lowest BCUT2D eigenvalue weighted by Crippen LogP contribution is -2.24. The highest BCUT2D eigenvalue weighted by Crippen LogP contribution is 2.01. The largest absolute Gasteiger partial charge is 0.369 e. The number of carbonyl (C=O) groups excluding carboxylic acids is 1. The zero-order chi connectivity index (χ0) is 10.4. The van der Waals surface area contributed by atoms with Gasteiger partial charge in [0.05, 0.1) is 12.4 Å². The van der Waals surface area contributed by atoms with Crippen molar-refractivity contribution in [1.29, 1.82) is 0 Å². The van der Waals surface area contributed by atoms with E-state index in [9.17, 15) is 4.79 Å². The van der Waals surface area contributed by atoms with Crippen LogP contribution in [0.4, 0.5) is 5.82 Å². The van der Waals surface area contributed by atoms with E-state index in [1.165, 1.54) is 6.20 Å². The Morgan fingerprint density at radius 2 is 2.14 bits per heavy atom. The summed E-state index contributed by atoms with van der Waals surface area (Å²) in [5, 5.41) is 5.65. The van der Waals surface area contributed by atoms with Gasteiger partial charge in [-0.15, -0.1) is 0 Å². The maximum atomic E-state index is 11.4. The second-order valence-electron chi connectivity index (χ2n) is 2.68. The van der Waals surface area contributed by atoms with Crippen molar-refractivity contribution in [3.8, 4) is 0 Å². The fourth-order valence-corrected chi connectivity index (χ4v) is 0.993. The standard InChI is InChI=1S/C9H14N4O/c1-3-11-8-6-10-5-7(13-8)9(14)12-4-2/h5-6H,3-4H2,1-2H3,(H,11,13)(H,12,14). The fourth-order valence-electron chi connectivity index (χ4n) is 0.993. The lowest BCUT2D eigenvalue weighted by Gasteiger charge is -2.04. The molecule has 0 aliphatic rings. The van der Waals surface area contributed by atoms with Crippen molar-refractivity contribution in [2.45, 2.75) is 13.8 Å². The van der Waals surface area contributed by atoms with Gasteiger partial charge in [-0.05, 0) is 13.8 Å². The van der Waals surface area contributed by atoms with Crippen LogP contribution in [0.25, 0.3) is 0 Å². The van der Waals surface area contributed by atoms with Crippen LogP contribution in [0.2, 0.25) is 0 Å². The van der Waals surface area contributed by atoms with Gasteiger partial charge in [-0.2, -0.15) is 0 Å². The summed E-state index contributed by atoms with van der Waals surface area (Å²) in [7, 11) is 0. The molecule has 1 aromatic rings. The third-order valence-corrected chi connectivity index (χ3v) is 1.56. The quantitative estimate of drug-likeness (QED) is 0.738. The third kappa shape index (κ3) is 2.69. The normalized spacial score (nSPS) is 9.57. The minimum absolute atomic E-state index is 0.195. The Labute approximate surface area is 83.0 Å².